The number of nitrogens with zero attached hydrogens (tertiary/aromatic N) is 2. The Morgan fingerprint density at radius 2 is 1.73 bits per heavy atom. The van der Waals surface area contributed by atoms with Gasteiger partial charge in [0.2, 0.25) is 0 Å². The number of halogens is 1. The van der Waals surface area contributed by atoms with Crippen LogP contribution in [-0.2, 0) is 6.54 Å². The minimum atomic E-state index is -0.280. The molecule has 152 valence electrons. The van der Waals surface area contributed by atoms with Crippen LogP contribution in [0.25, 0.3) is 11.0 Å². The minimum absolute atomic E-state index is 0.168. The summed E-state index contributed by atoms with van der Waals surface area (Å²) in [5, 5.41) is 3.63. The summed E-state index contributed by atoms with van der Waals surface area (Å²) in [5.41, 5.74) is 2.46. The van der Waals surface area contributed by atoms with E-state index in [0.29, 0.717) is 23.7 Å². The van der Waals surface area contributed by atoms with Gasteiger partial charge in [0.05, 0.1) is 23.6 Å². The lowest BCUT2D eigenvalue weighted by Gasteiger charge is -2.17. The van der Waals surface area contributed by atoms with Crippen molar-refractivity contribution in [3.05, 3.63) is 95.3 Å². The molecule has 0 aliphatic rings. The molecule has 0 aliphatic carbocycles. The number of fused-ring (bicyclic) bond motifs is 1. The number of hydrogen-bond acceptors (Lipinski definition) is 3. The topological polar surface area (TPSA) is 56.2 Å². The van der Waals surface area contributed by atoms with E-state index in [9.17, 15) is 4.79 Å². The molecule has 4 aromatic rings. The molecule has 1 atom stereocenters. The van der Waals surface area contributed by atoms with Gasteiger partial charge in [-0.1, -0.05) is 41.9 Å². The van der Waals surface area contributed by atoms with E-state index >= 15 is 0 Å². The molecule has 3 aromatic carbocycles. The highest BCUT2D eigenvalue weighted by Gasteiger charge is 2.19. The summed E-state index contributed by atoms with van der Waals surface area (Å²) in [6, 6.07) is 24.2. The lowest BCUT2D eigenvalue weighted by molar-refractivity contribution is 0.0937. The van der Waals surface area contributed by atoms with Gasteiger partial charge in [-0.3, -0.25) is 4.79 Å². The third kappa shape index (κ3) is 4.47. The molecule has 0 fully saturated rings. The van der Waals surface area contributed by atoms with Crippen molar-refractivity contribution in [2.24, 2.45) is 0 Å². The van der Waals surface area contributed by atoms with Crippen molar-refractivity contribution in [1.29, 1.82) is 0 Å². The third-order valence-electron chi connectivity index (χ3n) is 4.85. The first-order valence-corrected chi connectivity index (χ1v) is 10.2. The zero-order valence-corrected chi connectivity index (χ0v) is 17.3. The van der Waals surface area contributed by atoms with E-state index in [1.807, 2.05) is 61.5 Å². The van der Waals surface area contributed by atoms with E-state index in [0.717, 1.165) is 22.6 Å². The van der Waals surface area contributed by atoms with Crippen LogP contribution in [0.2, 0.25) is 5.02 Å². The maximum atomic E-state index is 12.6. The second kappa shape index (κ2) is 9.01. The van der Waals surface area contributed by atoms with E-state index in [2.05, 4.69) is 9.88 Å². The molecule has 1 aromatic heterocycles. The first-order valence-electron chi connectivity index (χ1n) is 9.81. The molecule has 4 rings (SSSR count). The summed E-state index contributed by atoms with van der Waals surface area (Å²) in [6.45, 7) is 3.05. The molecule has 0 spiro atoms. The Bertz CT molecular complexity index is 1140. The molecule has 1 amide bonds. The standard InChI is InChI=1S/C24H22ClN3O2/c1-17(26-24(29)18-11-13-19(25)14-12-18)23-27-21-9-5-6-10-22(21)28(23)15-16-30-20-7-3-2-4-8-20/h2-14,17H,15-16H2,1H3,(H,26,29). The number of rotatable bonds is 7. The first-order chi connectivity index (χ1) is 14.6. The largest absolute Gasteiger partial charge is 0.492 e. The Hall–Kier alpha value is -3.31. The second-order valence-corrected chi connectivity index (χ2v) is 7.41. The number of ether oxygens (including phenoxy) is 1. The highest BCUT2D eigenvalue weighted by Crippen LogP contribution is 2.22. The first kappa shape index (κ1) is 20.0. The lowest BCUT2D eigenvalue weighted by Crippen LogP contribution is -2.29. The van der Waals surface area contributed by atoms with Gasteiger partial charge < -0.3 is 14.6 Å². The Labute approximate surface area is 180 Å². The summed E-state index contributed by atoms with van der Waals surface area (Å²) >= 11 is 5.92. The molecule has 0 saturated carbocycles. The summed E-state index contributed by atoms with van der Waals surface area (Å²) in [7, 11) is 0. The van der Waals surface area contributed by atoms with Crippen LogP contribution in [0.3, 0.4) is 0 Å². The number of carbonyl (C=O) groups excluding carboxylic acids is 1. The van der Waals surface area contributed by atoms with Gasteiger partial charge in [-0.05, 0) is 55.5 Å². The van der Waals surface area contributed by atoms with Gasteiger partial charge >= 0.3 is 0 Å². The van der Waals surface area contributed by atoms with Crippen LogP contribution >= 0.6 is 11.6 Å². The number of nitrogens with one attached hydrogen (secondary N) is 1. The number of amides is 1. The molecule has 1 N–H and O–H groups in total. The van der Waals surface area contributed by atoms with E-state index in [4.69, 9.17) is 21.3 Å². The highest BCUT2D eigenvalue weighted by atomic mass is 35.5. The molecule has 30 heavy (non-hydrogen) atoms. The van der Waals surface area contributed by atoms with Crippen LogP contribution < -0.4 is 10.1 Å². The van der Waals surface area contributed by atoms with Gasteiger partial charge in [-0.15, -0.1) is 0 Å². The van der Waals surface area contributed by atoms with Crippen molar-refractivity contribution >= 4 is 28.5 Å². The van der Waals surface area contributed by atoms with E-state index < -0.39 is 0 Å². The Kier molecular flexibility index (Phi) is 6.00. The summed E-state index contributed by atoms with van der Waals surface area (Å²) in [4.78, 5) is 17.4. The fourth-order valence-electron chi connectivity index (χ4n) is 3.38. The zero-order chi connectivity index (χ0) is 20.9. The summed E-state index contributed by atoms with van der Waals surface area (Å²) in [6.07, 6.45) is 0. The Morgan fingerprint density at radius 3 is 2.50 bits per heavy atom. The second-order valence-electron chi connectivity index (χ2n) is 6.97. The van der Waals surface area contributed by atoms with Crippen molar-refractivity contribution in [3.8, 4) is 5.75 Å². The van der Waals surface area contributed by atoms with Gasteiger partial charge in [0.25, 0.3) is 5.91 Å². The predicted octanol–water partition coefficient (Wildman–Crippen LogP) is 5.26. The molecular formula is C24H22ClN3O2. The maximum Gasteiger partial charge on any atom is 0.251 e. The van der Waals surface area contributed by atoms with Gasteiger partial charge in [-0.2, -0.15) is 0 Å². The van der Waals surface area contributed by atoms with Gasteiger partial charge in [0.1, 0.15) is 18.2 Å². The Balaban J connectivity index is 1.54. The van der Waals surface area contributed by atoms with Crippen LogP contribution in [0, 0.1) is 0 Å². The number of imidazole rings is 1. The van der Waals surface area contributed by atoms with Crippen molar-refractivity contribution in [3.63, 3.8) is 0 Å². The molecule has 1 unspecified atom stereocenters. The van der Waals surface area contributed by atoms with Crippen molar-refractivity contribution in [2.75, 3.05) is 6.61 Å². The lowest BCUT2D eigenvalue weighted by atomic mass is 10.2. The van der Waals surface area contributed by atoms with Crippen LogP contribution in [-0.4, -0.2) is 22.1 Å². The molecule has 1 heterocycles. The number of carbonyl (C=O) groups is 1. The average molecular weight is 420 g/mol. The van der Waals surface area contributed by atoms with Gasteiger partial charge in [0.15, 0.2) is 0 Å². The highest BCUT2D eigenvalue weighted by molar-refractivity contribution is 6.30. The number of para-hydroxylation sites is 3. The van der Waals surface area contributed by atoms with E-state index in [-0.39, 0.29) is 11.9 Å². The molecule has 0 bridgehead atoms. The molecule has 0 saturated heterocycles. The van der Waals surface area contributed by atoms with Gasteiger partial charge in [0, 0.05) is 10.6 Å². The molecule has 5 nitrogen and oxygen atoms in total. The number of aromatic nitrogens is 2. The Morgan fingerprint density at radius 1 is 1.03 bits per heavy atom. The van der Waals surface area contributed by atoms with Crippen LogP contribution in [0.4, 0.5) is 0 Å². The summed E-state index contributed by atoms with van der Waals surface area (Å²) in [5.74, 6) is 1.45. The SMILES string of the molecule is CC(NC(=O)c1ccc(Cl)cc1)c1nc2ccccc2n1CCOc1ccccc1. The van der Waals surface area contributed by atoms with E-state index in [1.54, 1.807) is 24.3 Å². The third-order valence-corrected chi connectivity index (χ3v) is 5.10. The van der Waals surface area contributed by atoms with Crippen molar-refractivity contribution < 1.29 is 9.53 Å². The number of benzene rings is 3. The zero-order valence-electron chi connectivity index (χ0n) is 16.6. The maximum absolute atomic E-state index is 12.6. The smallest absolute Gasteiger partial charge is 0.251 e. The van der Waals surface area contributed by atoms with Crippen LogP contribution in [0.5, 0.6) is 5.75 Å². The molecule has 0 radical (unpaired) electrons. The summed E-state index contributed by atoms with van der Waals surface area (Å²) < 4.78 is 7.98. The molecular weight excluding hydrogens is 398 g/mol. The van der Waals surface area contributed by atoms with Gasteiger partial charge in [-0.25, -0.2) is 4.98 Å². The number of hydrogen-bond donors (Lipinski definition) is 1. The molecule has 0 aliphatic heterocycles. The van der Waals surface area contributed by atoms with Crippen LogP contribution in [0.15, 0.2) is 78.9 Å². The monoisotopic (exact) mass is 419 g/mol. The average Bonchev–Trinajstić information content (AvgIpc) is 3.14. The fourth-order valence-corrected chi connectivity index (χ4v) is 3.50. The van der Waals surface area contributed by atoms with E-state index in [1.165, 1.54) is 0 Å². The normalized spacial score (nSPS) is 11.9. The minimum Gasteiger partial charge on any atom is -0.492 e. The van der Waals surface area contributed by atoms with Crippen LogP contribution in [0.1, 0.15) is 29.1 Å². The molecule has 6 heteroatoms. The quantitative estimate of drug-likeness (QED) is 0.444. The predicted molar refractivity (Wildman–Crippen MR) is 119 cm³/mol. The van der Waals surface area contributed by atoms with Crippen molar-refractivity contribution in [1.82, 2.24) is 14.9 Å². The van der Waals surface area contributed by atoms with Crippen molar-refractivity contribution in [2.45, 2.75) is 19.5 Å². The fraction of sp³-hybridized carbons (Fsp3) is 0.167.